The van der Waals surface area contributed by atoms with E-state index in [1.54, 1.807) is 0 Å². The second-order valence-corrected chi connectivity index (χ2v) is 12.8. The first kappa shape index (κ1) is 28.8. The molecule has 8 rings (SSSR count). The van der Waals surface area contributed by atoms with Gasteiger partial charge in [0.15, 0.2) is 17.4 Å². The normalized spacial score (nSPS) is 11.8. The van der Waals surface area contributed by atoms with Crippen molar-refractivity contribution in [3.63, 3.8) is 0 Å². The first-order chi connectivity index (χ1) is 23.0. The lowest BCUT2D eigenvalue weighted by atomic mass is 10.1. The molecule has 0 amide bonds. The van der Waals surface area contributed by atoms with Crippen LogP contribution in [0.3, 0.4) is 0 Å². The van der Waals surface area contributed by atoms with E-state index in [-0.39, 0.29) is 0 Å². The van der Waals surface area contributed by atoms with Gasteiger partial charge in [-0.25, -0.2) is 9.55 Å². The Morgan fingerprint density at radius 3 is 2.04 bits per heavy atom. The molecule has 0 unspecified atom stereocenters. The predicted octanol–water partition coefficient (Wildman–Crippen LogP) is 11.4. The average molecular weight is 613 g/mol. The van der Waals surface area contributed by atoms with Gasteiger partial charge in [-0.15, -0.1) is 0 Å². The molecular formula is C42H38N5+. The fourth-order valence-corrected chi connectivity index (χ4v) is 6.82. The van der Waals surface area contributed by atoms with Gasteiger partial charge in [0.2, 0.25) is 0 Å². The smallest absolute Gasteiger partial charge is 0.191 e. The van der Waals surface area contributed by atoms with Crippen molar-refractivity contribution in [3.05, 3.63) is 152 Å². The average Bonchev–Trinajstić information content (AvgIpc) is 3.66. The molecular weight excluding hydrogens is 574 g/mol. The molecule has 0 aliphatic heterocycles. The van der Waals surface area contributed by atoms with Crippen LogP contribution in [0.1, 0.15) is 45.2 Å². The van der Waals surface area contributed by atoms with Crippen LogP contribution in [0.25, 0.3) is 44.3 Å². The molecule has 5 aromatic carbocycles. The van der Waals surface area contributed by atoms with Crippen LogP contribution in [-0.2, 0) is 0 Å². The lowest BCUT2D eigenvalue weighted by molar-refractivity contribution is 0.612. The van der Waals surface area contributed by atoms with Crippen LogP contribution in [0, 0.1) is 0 Å². The lowest BCUT2D eigenvalue weighted by Gasteiger charge is -2.25. The fourth-order valence-electron chi connectivity index (χ4n) is 6.82. The molecule has 0 bridgehead atoms. The van der Waals surface area contributed by atoms with Gasteiger partial charge < -0.3 is 4.90 Å². The Labute approximate surface area is 275 Å². The summed E-state index contributed by atoms with van der Waals surface area (Å²) in [7, 11) is 0. The number of anilines is 3. The molecule has 0 saturated carbocycles. The second kappa shape index (κ2) is 11.6. The van der Waals surface area contributed by atoms with Crippen molar-refractivity contribution in [2.45, 2.75) is 39.7 Å². The third-order valence-electron chi connectivity index (χ3n) is 9.18. The third kappa shape index (κ3) is 4.95. The molecule has 0 saturated heterocycles. The zero-order valence-electron chi connectivity index (χ0n) is 27.2. The van der Waals surface area contributed by atoms with Crippen molar-refractivity contribution in [1.29, 1.82) is 0 Å². The number of pyridine rings is 1. The van der Waals surface area contributed by atoms with Gasteiger partial charge in [-0.2, -0.15) is 4.57 Å². The standard InChI is InChI=1S/C42H38N5/c1-29(2)31-23-24-43-42(25-31)47-38-18-9-8-17-36(38)37-22-21-35(27-41(37)47)46(32-13-6-5-7-14-32)34-16-12-15-33(26-34)45-28-44(30(3)4)39-19-10-11-20-40(39)45/h5-30H,1-4H3/q+1. The molecule has 8 aromatic rings. The molecule has 47 heavy (non-hydrogen) atoms. The maximum Gasteiger partial charge on any atom is 0.191 e. The highest BCUT2D eigenvalue weighted by atomic mass is 15.2. The summed E-state index contributed by atoms with van der Waals surface area (Å²) in [6, 6.07) is 48.3. The van der Waals surface area contributed by atoms with Crippen LogP contribution >= 0.6 is 0 Å². The van der Waals surface area contributed by atoms with Gasteiger partial charge in [-0.1, -0.05) is 56.3 Å². The van der Waals surface area contributed by atoms with E-state index in [2.05, 4.69) is 186 Å². The van der Waals surface area contributed by atoms with Crippen molar-refractivity contribution in [2.75, 3.05) is 4.90 Å². The highest BCUT2D eigenvalue weighted by Crippen LogP contribution is 2.40. The van der Waals surface area contributed by atoms with Crippen LogP contribution < -0.4 is 4.90 Å². The van der Waals surface area contributed by atoms with Crippen LogP contribution in [-0.4, -0.2) is 18.7 Å². The van der Waals surface area contributed by atoms with E-state index in [9.17, 15) is 0 Å². The summed E-state index contributed by atoms with van der Waals surface area (Å²) < 4.78 is 6.96. The Morgan fingerprint density at radius 1 is 0.574 bits per heavy atom. The van der Waals surface area contributed by atoms with Gasteiger partial charge in [0.25, 0.3) is 0 Å². The van der Waals surface area contributed by atoms with Gasteiger partial charge in [0, 0.05) is 52.6 Å². The highest BCUT2D eigenvalue weighted by Gasteiger charge is 2.22. The summed E-state index contributed by atoms with van der Waals surface area (Å²) in [5.41, 5.74) is 10.3. The van der Waals surface area contributed by atoms with E-state index < -0.39 is 0 Å². The topological polar surface area (TPSA) is 30.9 Å². The molecule has 0 fully saturated rings. The monoisotopic (exact) mass is 612 g/mol. The number of imidazole rings is 1. The van der Waals surface area contributed by atoms with Gasteiger partial charge in [0.1, 0.15) is 11.5 Å². The van der Waals surface area contributed by atoms with Crippen molar-refractivity contribution in [3.8, 4) is 11.5 Å². The second-order valence-electron chi connectivity index (χ2n) is 12.8. The molecule has 0 spiro atoms. The number of para-hydroxylation sites is 4. The predicted molar refractivity (Wildman–Crippen MR) is 197 cm³/mol. The Morgan fingerprint density at radius 2 is 1.26 bits per heavy atom. The van der Waals surface area contributed by atoms with E-state index >= 15 is 0 Å². The number of fused-ring (bicyclic) bond motifs is 4. The van der Waals surface area contributed by atoms with Gasteiger partial charge in [-0.05, 0) is 92.1 Å². The number of rotatable bonds is 7. The summed E-state index contributed by atoms with van der Waals surface area (Å²) in [4.78, 5) is 7.24. The number of aromatic nitrogens is 4. The maximum atomic E-state index is 4.88. The fraction of sp³-hybridized carbons (Fsp3) is 0.143. The van der Waals surface area contributed by atoms with Gasteiger partial charge in [-0.3, -0.25) is 4.57 Å². The first-order valence-electron chi connectivity index (χ1n) is 16.4. The molecule has 0 N–H and O–H groups in total. The van der Waals surface area contributed by atoms with Crippen molar-refractivity contribution in [2.24, 2.45) is 0 Å². The quantitative estimate of drug-likeness (QED) is 0.168. The Bertz CT molecular complexity index is 2380. The van der Waals surface area contributed by atoms with E-state index in [0.717, 1.165) is 39.6 Å². The molecule has 5 nitrogen and oxygen atoms in total. The van der Waals surface area contributed by atoms with Crippen LogP contribution in [0.2, 0.25) is 0 Å². The minimum absolute atomic E-state index is 0.347. The Balaban J connectivity index is 1.34. The Hall–Kier alpha value is -5.68. The number of hydrogen-bond acceptors (Lipinski definition) is 2. The highest BCUT2D eigenvalue weighted by molar-refractivity contribution is 6.10. The zero-order chi connectivity index (χ0) is 32.1. The van der Waals surface area contributed by atoms with E-state index in [1.807, 2.05) is 6.20 Å². The molecule has 0 aliphatic carbocycles. The third-order valence-corrected chi connectivity index (χ3v) is 9.18. The summed E-state index contributed by atoms with van der Waals surface area (Å²) in [6.45, 7) is 8.92. The zero-order valence-corrected chi connectivity index (χ0v) is 27.2. The van der Waals surface area contributed by atoms with Crippen molar-refractivity contribution >= 4 is 49.9 Å². The number of nitrogens with zero attached hydrogens (tertiary/aromatic N) is 5. The molecule has 3 heterocycles. The molecule has 3 aromatic heterocycles. The maximum absolute atomic E-state index is 4.88. The minimum atomic E-state index is 0.347. The van der Waals surface area contributed by atoms with Crippen LogP contribution in [0.15, 0.2) is 146 Å². The molecule has 0 radical (unpaired) electrons. The molecule has 230 valence electrons. The summed E-state index contributed by atoms with van der Waals surface area (Å²) >= 11 is 0. The van der Waals surface area contributed by atoms with Gasteiger partial charge >= 0.3 is 0 Å². The number of hydrogen-bond donors (Lipinski definition) is 0. The largest absolute Gasteiger partial charge is 0.309 e. The molecule has 0 atom stereocenters. The lowest BCUT2D eigenvalue weighted by Crippen LogP contribution is -2.10. The van der Waals surface area contributed by atoms with E-state index in [0.29, 0.717) is 12.0 Å². The molecule has 5 heteroatoms. The van der Waals surface area contributed by atoms with Gasteiger partial charge in [0.05, 0.1) is 22.8 Å². The number of benzene rings is 5. The van der Waals surface area contributed by atoms with Crippen molar-refractivity contribution in [1.82, 2.24) is 18.7 Å². The van der Waals surface area contributed by atoms with Crippen molar-refractivity contribution < 1.29 is 0 Å². The van der Waals surface area contributed by atoms with Crippen LogP contribution in [0.5, 0.6) is 0 Å². The SMILES string of the molecule is CC(C)c1ccnc(-n2c3ccccc3c3ccc(N(c4ccccc4)c4cccc(-n5[cH+]n(C(C)C)c6ccccc65)c4)cc32)c1. The van der Waals surface area contributed by atoms with E-state index in [4.69, 9.17) is 4.98 Å². The summed E-state index contributed by atoms with van der Waals surface area (Å²) in [6.07, 6.45) is 4.16. The minimum Gasteiger partial charge on any atom is -0.309 e. The summed E-state index contributed by atoms with van der Waals surface area (Å²) in [5.74, 6) is 1.35. The molecule has 0 aliphatic rings. The Kier molecular flexibility index (Phi) is 7.10. The van der Waals surface area contributed by atoms with E-state index in [1.165, 1.54) is 27.4 Å². The first-order valence-corrected chi connectivity index (χ1v) is 16.4. The van der Waals surface area contributed by atoms with Crippen LogP contribution in [0.4, 0.5) is 17.1 Å². The summed E-state index contributed by atoms with van der Waals surface area (Å²) in [5, 5.41) is 2.43.